The Labute approximate surface area is 168 Å². The predicted molar refractivity (Wildman–Crippen MR) is 125 cm³/mol. The van der Waals surface area contributed by atoms with E-state index in [9.17, 15) is 0 Å². The monoisotopic (exact) mass is 402 g/mol. The van der Waals surface area contributed by atoms with Gasteiger partial charge in [-0.2, -0.15) is 0 Å². The highest BCUT2D eigenvalue weighted by Gasteiger charge is 2.28. The number of nitrogens with zero attached hydrogens (tertiary/aromatic N) is 1. The van der Waals surface area contributed by atoms with E-state index in [1.165, 1.54) is 94.5 Å². The molecular formula is C22H52NOSi2+. The molecule has 0 aliphatic rings. The maximum atomic E-state index is 6.43. The van der Waals surface area contributed by atoms with Crippen LogP contribution in [-0.2, 0) is 4.12 Å². The van der Waals surface area contributed by atoms with Gasteiger partial charge in [-0.3, -0.25) is 0 Å². The van der Waals surface area contributed by atoms with Crippen molar-refractivity contribution in [1.29, 1.82) is 0 Å². The Morgan fingerprint density at radius 1 is 0.577 bits per heavy atom. The normalized spacial score (nSPS) is 13.4. The Morgan fingerprint density at radius 2 is 0.962 bits per heavy atom. The highest BCUT2D eigenvalue weighted by molar-refractivity contribution is 6.84. The molecule has 0 amide bonds. The zero-order valence-corrected chi connectivity index (χ0v) is 21.8. The van der Waals surface area contributed by atoms with E-state index < -0.39 is 16.6 Å². The van der Waals surface area contributed by atoms with Gasteiger partial charge in [-0.05, 0) is 72.4 Å². The second-order valence-electron chi connectivity index (χ2n) is 9.92. The summed E-state index contributed by atoms with van der Waals surface area (Å²) >= 11 is 0. The van der Waals surface area contributed by atoms with Gasteiger partial charge in [0.2, 0.25) is 0 Å². The third kappa shape index (κ3) is 13.5. The molecule has 4 heteroatoms. The van der Waals surface area contributed by atoms with Crippen LogP contribution in [0.2, 0.25) is 38.8 Å². The highest BCUT2D eigenvalue weighted by Crippen LogP contribution is 2.22. The first-order valence-corrected chi connectivity index (χ1v) is 18.2. The molecule has 0 radical (unpaired) electrons. The number of hydrogen-bond donors (Lipinski definition) is 0. The summed E-state index contributed by atoms with van der Waals surface area (Å²) in [6, 6.07) is 1.35. The molecule has 0 rings (SSSR count). The van der Waals surface area contributed by atoms with Crippen LogP contribution in [0.25, 0.3) is 0 Å². The summed E-state index contributed by atoms with van der Waals surface area (Å²) in [5.41, 5.74) is 0. The molecule has 0 unspecified atom stereocenters. The standard InChI is InChI=1S/C22H52NOSi2/c1-9-23(10-2,11-3)21-19-17-15-13-12-14-16-18-20-22-26(7,8)24-25(4,5)6/h9-22H2,1-8H3/q+1. The maximum absolute atomic E-state index is 6.43. The lowest BCUT2D eigenvalue weighted by molar-refractivity contribution is -0.923. The minimum atomic E-state index is -1.39. The van der Waals surface area contributed by atoms with Crippen LogP contribution < -0.4 is 0 Å². The summed E-state index contributed by atoms with van der Waals surface area (Å²) in [6.07, 6.45) is 12.9. The Bertz CT molecular complexity index is 327. The van der Waals surface area contributed by atoms with E-state index in [4.69, 9.17) is 4.12 Å². The van der Waals surface area contributed by atoms with Crippen LogP contribution in [-0.4, -0.2) is 47.3 Å². The molecule has 0 aromatic heterocycles. The first-order valence-electron chi connectivity index (χ1n) is 11.6. The molecule has 0 heterocycles. The van der Waals surface area contributed by atoms with Crippen LogP contribution >= 0.6 is 0 Å². The Balaban J connectivity index is 3.55. The lowest BCUT2D eigenvalue weighted by atomic mass is 10.1. The van der Waals surface area contributed by atoms with Crippen LogP contribution in [0.15, 0.2) is 0 Å². The molecule has 2 nitrogen and oxygen atoms in total. The van der Waals surface area contributed by atoms with Crippen molar-refractivity contribution < 1.29 is 8.60 Å². The van der Waals surface area contributed by atoms with E-state index in [1.807, 2.05) is 0 Å². The molecule has 0 aromatic rings. The van der Waals surface area contributed by atoms with Crippen molar-refractivity contribution in [3.63, 3.8) is 0 Å². The molecule has 0 N–H and O–H groups in total. The van der Waals surface area contributed by atoms with E-state index in [1.54, 1.807) is 0 Å². The molecule has 0 atom stereocenters. The van der Waals surface area contributed by atoms with E-state index >= 15 is 0 Å². The van der Waals surface area contributed by atoms with Crippen LogP contribution in [0.1, 0.15) is 78.6 Å². The van der Waals surface area contributed by atoms with Gasteiger partial charge in [0.1, 0.15) is 0 Å². The topological polar surface area (TPSA) is 9.23 Å². The van der Waals surface area contributed by atoms with Gasteiger partial charge in [0.25, 0.3) is 0 Å². The summed E-state index contributed by atoms with van der Waals surface area (Å²) in [4.78, 5) is 0. The van der Waals surface area contributed by atoms with Gasteiger partial charge in [-0.1, -0.05) is 44.9 Å². The van der Waals surface area contributed by atoms with Gasteiger partial charge in [-0.15, -0.1) is 0 Å². The van der Waals surface area contributed by atoms with Crippen LogP contribution in [0.4, 0.5) is 0 Å². The lowest BCUT2D eigenvalue weighted by Gasteiger charge is -2.35. The second-order valence-corrected chi connectivity index (χ2v) is 19.0. The molecule has 0 aliphatic heterocycles. The van der Waals surface area contributed by atoms with Gasteiger partial charge in [0.05, 0.1) is 26.2 Å². The zero-order chi connectivity index (χ0) is 20.1. The molecule has 0 aliphatic carbocycles. The summed E-state index contributed by atoms with van der Waals surface area (Å²) < 4.78 is 7.75. The molecule has 158 valence electrons. The van der Waals surface area contributed by atoms with E-state index in [2.05, 4.69) is 53.5 Å². The summed E-state index contributed by atoms with van der Waals surface area (Å²) in [6.45, 7) is 24.2. The molecule has 0 spiro atoms. The average Bonchev–Trinajstić information content (AvgIpc) is 2.54. The first-order chi connectivity index (χ1) is 12.1. The van der Waals surface area contributed by atoms with Crippen LogP contribution in [0.3, 0.4) is 0 Å². The second kappa shape index (κ2) is 13.5. The predicted octanol–water partition coefficient (Wildman–Crippen LogP) is 7.43. The van der Waals surface area contributed by atoms with Crippen molar-refractivity contribution in [2.24, 2.45) is 0 Å². The zero-order valence-electron chi connectivity index (χ0n) is 19.8. The largest absolute Gasteiger partial charge is 0.456 e. The SMILES string of the molecule is CC[N+](CC)(CC)CCCCCCCCCCC[Si](C)(C)O[Si](C)(C)C. The third-order valence-corrected chi connectivity index (χ3v) is 12.2. The van der Waals surface area contributed by atoms with Crippen molar-refractivity contribution in [2.45, 2.75) is 117 Å². The summed E-state index contributed by atoms with van der Waals surface area (Å²) in [5, 5.41) is 0. The van der Waals surface area contributed by atoms with E-state index in [-0.39, 0.29) is 0 Å². The molecular weight excluding hydrogens is 350 g/mol. The lowest BCUT2D eigenvalue weighted by Crippen LogP contribution is -2.48. The molecule has 0 aromatic carbocycles. The number of unbranched alkanes of at least 4 members (excludes halogenated alkanes) is 8. The summed E-state index contributed by atoms with van der Waals surface area (Å²) in [5.74, 6) is 0. The van der Waals surface area contributed by atoms with E-state index in [0.29, 0.717) is 0 Å². The van der Waals surface area contributed by atoms with Gasteiger partial charge >= 0.3 is 0 Å². The first kappa shape index (κ1) is 26.4. The van der Waals surface area contributed by atoms with Crippen molar-refractivity contribution in [2.75, 3.05) is 26.2 Å². The molecule has 0 saturated heterocycles. The minimum Gasteiger partial charge on any atom is -0.456 e. The average molecular weight is 403 g/mol. The molecule has 0 saturated carbocycles. The fraction of sp³-hybridized carbons (Fsp3) is 1.00. The Morgan fingerprint density at radius 3 is 1.35 bits per heavy atom. The Hall–Kier alpha value is 0.354. The number of quaternary nitrogens is 1. The fourth-order valence-corrected chi connectivity index (χ4v) is 12.4. The number of hydrogen-bond acceptors (Lipinski definition) is 1. The van der Waals surface area contributed by atoms with Crippen molar-refractivity contribution in [3.05, 3.63) is 0 Å². The minimum absolute atomic E-state index is 1.30. The van der Waals surface area contributed by atoms with E-state index in [0.717, 1.165) is 0 Å². The summed E-state index contributed by atoms with van der Waals surface area (Å²) in [7, 11) is -2.74. The van der Waals surface area contributed by atoms with Crippen molar-refractivity contribution in [3.8, 4) is 0 Å². The highest BCUT2D eigenvalue weighted by atomic mass is 28.4. The molecule has 0 bridgehead atoms. The molecule has 0 fully saturated rings. The van der Waals surface area contributed by atoms with Gasteiger partial charge < -0.3 is 8.60 Å². The Kier molecular flexibility index (Phi) is 13.7. The molecule has 26 heavy (non-hydrogen) atoms. The van der Waals surface area contributed by atoms with Crippen molar-refractivity contribution in [1.82, 2.24) is 0 Å². The van der Waals surface area contributed by atoms with Gasteiger partial charge in [-0.25, -0.2) is 0 Å². The van der Waals surface area contributed by atoms with Gasteiger partial charge in [0, 0.05) is 0 Å². The van der Waals surface area contributed by atoms with Crippen LogP contribution in [0.5, 0.6) is 0 Å². The maximum Gasteiger partial charge on any atom is 0.173 e. The number of rotatable bonds is 17. The third-order valence-electron chi connectivity index (χ3n) is 6.01. The quantitative estimate of drug-likeness (QED) is 0.140. The van der Waals surface area contributed by atoms with Crippen LogP contribution in [0, 0.1) is 0 Å². The fourth-order valence-electron chi connectivity index (χ4n) is 4.26. The van der Waals surface area contributed by atoms with Gasteiger partial charge in [0.15, 0.2) is 16.6 Å². The van der Waals surface area contributed by atoms with Crippen molar-refractivity contribution >= 4 is 16.6 Å². The smallest absolute Gasteiger partial charge is 0.173 e.